The predicted octanol–water partition coefficient (Wildman–Crippen LogP) is 1.43. The highest BCUT2D eigenvalue weighted by Gasteiger charge is 2.18. The van der Waals surface area contributed by atoms with Gasteiger partial charge in [0, 0.05) is 25.7 Å². The number of pyridine rings is 1. The maximum Gasteiger partial charge on any atom is 0.303 e. The molecule has 1 amide bonds. The summed E-state index contributed by atoms with van der Waals surface area (Å²) in [6.07, 6.45) is 0.0248. The molecule has 0 aliphatic carbocycles. The van der Waals surface area contributed by atoms with Crippen LogP contribution in [-0.2, 0) is 11.8 Å². The number of fused-ring (bicyclic) bond motifs is 1. The topological polar surface area (TPSA) is 97.1 Å². The first-order valence-electron chi connectivity index (χ1n) is 7.10. The molecule has 1 atom stereocenters. The van der Waals surface area contributed by atoms with E-state index in [-0.39, 0.29) is 18.2 Å². The van der Waals surface area contributed by atoms with Crippen molar-refractivity contribution in [3.8, 4) is 0 Å². The molecule has 2 aromatic rings. The smallest absolute Gasteiger partial charge is 0.303 e. The molecule has 0 radical (unpaired) electrons. The van der Waals surface area contributed by atoms with Crippen LogP contribution in [0.3, 0.4) is 0 Å². The molecular weight excluding hydrogens is 284 g/mol. The molecule has 2 heterocycles. The first kappa shape index (κ1) is 15.9. The maximum atomic E-state index is 12.4. The van der Waals surface area contributed by atoms with Crippen LogP contribution >= 0.6 is 0 Å². The number of hydrogen-bond donors (Lipinski definition) is 2. The van der Waals surface area contributed by atoms with Crippen molar-refractivity contribution in [2.45, 2.75) is 27.2 Å². The zero-order valence-electron chi connectivity index (χ0n) is 13.2. The number of nitrogens with one attached hydrogen (secondary N) is 1. The molecule has 0 bridgehead atoms. The van der Waals surface area contributed by atoms with E-state index in [1.165, 1.54) is 0 Å². The number of hydrogen-bond acceptors (Lipinski definition) is 4. The SMILES string of the molecule is Cc1cc(C(=O)NCC(C)CC(=O)O)c2c(C)nn(C)c2n1. The Morgan fingerprint density at radius 2 is 2.09 bits per heavy atom. The fraction of sp³-hybridized carbons (Fsp3) is 0.467. The molecule has 0 aromatic carbocycles. The Morgan fingerprint density at radius 3 is 2.73 bits per heavy atom. The van der Waals surface area contributed by atoms with Gasteiger partial charge in [0.25, 0.3) is 5.91 Å². The van der Waals surface area contributed by atoms with Crippen LogP contribution in [0.1, 0.15) is 35.1 Å². The normalized spacial score (nSPS) is 12.4. The second kappa shape index (κ2) is 6.13. The minimum atomic E-state index is -0.869. The first-order valence-corrected chi connectivity index (χ1v) is 7.10. The Balaban J connectivity index is 2.26. The minimum Gasteiger partial charge on any atom is -0.481 e. The Labute approximate surface area is 128 Å². The van der Waals surface area contributed by atoms with Crippen LogP contribution in [-0.4, -0.2) is 38.3 Å². The molecular formula is C15H20N4O3. The number of carbonyl (C=O) groups excluding carboxylic acids is 1. The number of carbonyl (C=O) groups is 2. The number of aromatic nitrogens is 3. The number of aliphatic carboxylic acids is 1. The van der Waals surface area contributed by atoms with Crippen molar-refractivity contribution in [2.75, 3.05) is 6.54 Å². The Bertz CT molecular complexity index is 736. The van der Waals surface area contributed by atoms with Crippen molar-refractivity contribution in [3.63, 3.8) is 0 Å². The molecule has 0 saturated carbocycles. The number of carboxylic acid groups (broad SMARTS) is 1. The molecule has 1 unspecified atom stereocenters. The summed E-state index contributed by atoms with van der Waals surface area (Å²) in [7, 11) is 1.79. The average Bonchev–Trinajstić information content (AvgIpc) is 2.69. The van der Waals surface area contributed by atoms with Gasteiger partial charge in [0.1, 0.15) is 0 Å². The number of amides is 1. The lowest BCUT2D eigenvalue weighted by Gasteiger charge is -2.11. The minimum absolute atomic E-state index is 0.0248. The van der Waals surface area contributed by atoms with Crippen molar-refractivity contribution in [1.82, 2.24) is 20.1 Å². The van der Waals surface area contributed by atoms with Gasteiger partial charge in [-0.15, -0.1) is 0 Å². The molecule has 2 N–H and O–H groups in total. The lowest BCUT2D eigenvalue weighted by atomic mass is 10.1. The molecule has 2 rings (SSSR count). The Hall–Kier alpha value is -2.44. The van der Waals surface area contributed by atoms with Gasteiger partial charge in [0.2, 0.25) is 0 Å². The number of aryl methyl sites for hydroxylation is 3. The van der Waals surface area contributed by atoms with E-state index in [0.717, 1.165) is 16.8 Å². The van der Waals surface area contributed by atoms with E-state index in [1.807, 2.05) is 13.8 Å². The number of nitrogens with zero attached hydrogens (tertiary/aromatic N) is 3. The summed E-state index contributed by atoms with van der Waals surface area (Å²) in [5.41, 5.74) is 2.67. The van der Waals surface area contributed by atoms with Gasteiger partial charge < -0.3 is 10.4 Å². The zero-order valence-corrected chi connectivity index (χ0v) is 13.2. The summed E-state index contributed by atoms with van der Waals surface area (Å²) < 4.78 is 1.65. The summed E-state index contributed by atoms with van der Waals surface area (Å²) >= 11 is 0. The van der Waals surface area contributed by atoms with E-state index in [0.29, 0.717) is 17.8 Å². The molecule has 22 heavy (non-hydrogen) atoms. The van der Waals surface area contributed by atoms with Gasteiger partial charge in [0.05, 0.1) is 16.6 Å². The van der Waals surface area contributed by atoms with Gasteiger partial charge >= 0.3 is 5.97 Å². The monoisotopic (exact) mass is 304 g/mol. The maximum absolute atomic E-state index is 12.4. The molecule has 0 spiro atoms. The fourth-order valence-electron chi connectivity index (χ4n) is 2.48. The van der Waals surface area contributed by atoms with Gasteiger partial charge in [-0.2, -0.15) is 5.10 Å². The van der Waals surface area contributed by atoms with Crippen LogP contribution in [0.4, 0.5) is 0 Å². The van der Waals surface area contributed by atoms with Crippen molar-refractivity contribution in [2.24, 2.45) is 13.0 Å². The number of carboxylic acids is 1. The molecule has 0 aliphatic rings. The van der Waals surface area contributed by atoms with Crippen molar-refractivity contribution < 1.29 is 14.7 Å². The molecule has 2 aromatic heterocycles. The van der Waals surface area contributed by atoms with Crippen LogP contribution in [0.15, 0.2) is 6.07 Å². The van der Waals surface area contributed by atoms with Gasteiger partial charge in [-0.3, -0.25) is 14.3 Å². The lowest BCUT2D eigenvalue weighted by Crippen LogP contribution is -2.29. The predicted molar refractivity (Wildman–Crippen MR) is 81.7 cm³/mol. The highest BCUT2D eigenvalue weighted by Crippen LogP contribution is 2.21. The average molecular weight is 304 g/mol. The molecule has 7 heteroatoms. The van der Waals surface area contributed by atoms with Crippen molar-refractivity contribution in [1.29, 1.82) is 0 Å². The Kier molecular flexibility index (Phi) is 4.44. The van der Waals surface area contributed by atoms with E-state index in [9.17, 15) is 9.59 Å². The summed E-state index contributed by atoms with van der Waals surface area (Å²) in [5, 5.41) is 16.6. The molecule has 7 nitrogen and oxygen atoms in total. The van der Waals surface area contributed by atoms with E-state index in [4.69, 9.17) is 5.11 Å². The lowest BCUT2D eigenvalue weighted by molar-refractivity contribution is -0.137. The summed E-state index contributed by atoms with van der Waals surface area (Å²) in [6.45, 7) is 5.76. The van der Waals surface area contributed by atoms with Crippen LogP contribution in [0.5, 0.6) is 0 Å². The van der Waals surface area contributed by atoms with E-state index in [1.54, 1.807) is 24.7 Å². The highest BCUT2D eigenvalue weighted by molar-refractivity contribution is 6.06. The van der Waals surface area contributed by atoms with Gasteiger partial charge in [-0.25, -0.2) is 4.98 Å². The van der Waals surface area contributed by atoms with Gasteiger partial charge in [-0.05, 0) is 25.8 Å². The second-order valence-electron chi connectivity index (χ2n) is 5.63. The largest absolute Gasteiger partial charge is 0.481 e. The van der Waals surface area contributed by atoms with Crippen LogP contribution in [0.25, 0.3) is 11.0 Å². The van der Waals surface area contributed by atoms with Crippen molar-refractivity contribution in [3.05, 3.63) is 23.0 Å². The molecule has 0 aliphatic heterocycles. The van der Waals surface area contributed by atoms with Crippen molar-refractivity contribution >= 4 is 22.9 Å². The second-order valence-corrected chi connectivity index (χ2v) is 5.63. The third-order valence-corrected chi connectivity index (χ3v) is 3.48. The quantitative estimate of drug-likeness (QED) is 0.871. The highest BCUT2D eigenvalue weighted by atomic mass is 16.4. The van der Waals surface area contributed by atoms with Crippen LogP contribution in [0.2, 0.25) is 0 Å². The van der Waals surface area contributed by atoms with Crippen LogP contribution < -0.4 is 5.32 Å². The molecule has 0 fully saturated rings. The standard InChI is InChI=1S/C15H20N4O3/c1-8(5-12(20)21)7-16-15(22)11-6-9(2)17-14-13(11)10(3)18-19(14)4/h6,8H,5,7H2,1-4H3,(H,16,22)(H,20,21). The third kappa shape index (κ3) is 3.24. The summed E-state index contributed by atoms with van der Waals surface area (Å²) in [5.74, 6) is -1.23. The van der Waals surface area contributed by atoms with Gasteiger partial charge in [0.15, 0.2) is 5.65 Å². The van der Waals surface area contributed by atoms with E-state index >= 15 is 0 Å². The third-order valence-electron chi connectivity index (χ3n) is 3.48. The van der Waals surface area contributed by atoms with E-state index in [2.05, 4.69) is 15.4 Å². The summed E-state index contributed by atoms with van der Waals surface area (Å²) in [4.78, 5) is 27.5. The van der Waals surface area contributed by atoms with E-state index < -0.39 is 5.97 Å². The Morgan fingerprint density at radius 1 is 1.41 bits per heavy atom. The van der Waals surface area contributed by atoms with Gasteiger partial charge in [-0.1, -0.05) is 6.92 Å². The summed E-state index contributed by atoms with van der Waals surface area (Å²) in [6, 6.07) is 1.73. The van der Waals surface area contributed by atoms with Crippen LogP contribution in [0, 0.1) is 19.8 Å². The molecule has 0 saturated heterocycles. The fourth-order valence-corrected chi connectivity index (χ4v) is 2.48. The zero-order chi connectivity index (χ0) is 16.4. The first-order chi connectivity index (χ1) is 10.3. The molecule has 118 valence electrons. The number of rotatable bonds is 5.